The van der Waals surface area contributed by atoms with Gasteiger partial charge in [0.15, 0.2) is 0 Å². The van der Waals surface area contributed by atoms with Crippen molar-refractivity contribution in [3.8, 4) is 6.07 Å². The number of nitrogens with one attached hydrogen (secondary N) is 1. The maximum Gasteiger partial charge on any atom is 0.122 e. The Hall–Kier alpha value is -0.630. The second-order valence-corrected chi connectivity index (χ2v) is 7.58. The maximum absolute atomic E-state index is 9.87. The van der Waals surface area contributed by atoms with E-state index >= 15 is 0 Å². The largest absolute Gasteiger partial charge is 0.299 e. The summed E-state index contributed by atoms with van der Waals surface area (Å²) in [6.07, 6.45) is 6.39. The molecule has 0 spiro atoms. The van der Waals surface area contributed by atoms with Crippen LogP contribution in [0.1, 0.15) is 46.0 Å². The second kappa shape index (κ2) is 6.24. The van der Waals surface area contributed by atoms with Crippen LogP contribution in [-0.4, -0.2) is 60.1 Å². The molecule has 0 radical (unpaired) electrons. The minimum absolute atomic E-state index is 0.318. The standard InChI is InChI=1S/C17H30N4/c1-14(2)19-17(12-18,15-6-7-15)13-20-8-4-10-21-9-3-5-16(21)11-20/h14-16,19H,3-11,13H2,1-2H3. The van der Waals surface area contributed by atoms with Gasteiger partial charge in [-0.2, -0.15) is 5.26 Å². The lowest BCUT2D eigenvalue weighted by molar-refractivity contribution is 0.171. The van der Waals surface area contributed by atoms with Crippen molar-refractivity contribution in [2.75, 3.05) is 32.7 Å². The van der Waals surface area contributed by atoms with Crippen LogP contribution < -0.4 is 5.32 Å². The molecule has 0 amide bonds. The van der Waals surface area contributed by atoms with Gasteiger partial charge in [0.25, 0.3) is 0 Å². The van der Waals surface area contributed by atoms with Gasteiger partial charge < -0.3 is 0 Å². The zero-order chi connectivity index (χ0) is 14.9. The molecule has 3 rings (SSSR count). The molecule has 1 aliphatic carbocycles. The Bertz CT molecular complexity index is 398. The Balaban J connectivity index is 1.68. The van der Waals surface area contributed by atoms with Gasteiger partial charge in [0.1, 0.15) is 5.54 Å². The summed E-state index contributed by atoms with van der Waals surface area (Å²) >= 11 is 0. The average Bonchev–Trinajstić information content (AvgIpc) is 3.23. The quantitative estimate of drug-likeness (QED) is 0.839. The van der Waals surface area contributed by atoms with E-state index in [0.717, 1.165) is 25.7 Å². The lowest BCUT2D eigenvalue weighted by atomic mass is 9.92. The van der Waals surface area contributed by atoms with Crippen LogP contribution in [0.4, 0.5) is 0 Å². The van der Waals surface area contributed by atoms with Crippen molar-refractivity contribution in [2.24, 2.45) is 5.92 Å². The third kappa shape index (κ3) is 3.41. The molecule has 4 nitrogen and oxygen atoms in total. The first-order valence-corrected chi connectivity index (χ1v) is 8.78. The molecule has 0 aromatic carbocycles. The molecular weight excluding hydrogens is 260 g/mol. The average molecular weight is 290 g/mol. The number of hydrogen-bond donors (Lipinski definition) is 1. The van der Waals surface area contributed by atoms with Crippen molar-refractivity contribution in [3.05, 3.63) is 0 Å². The molecule has 2 atom stereocenters. The Labute approximate surface area is 129 Å². The van der Waals surface area contributed by atoms with Crippen molar-refractivity contribution in [1.29, 1.82) is 5.26 Å². The van der Waals surface area contributed by atoms with Crippen LogP contribution in [0.3, 0.4) is 0 Å². The second-order valence-electron chi connectivity index (χ2n) is 7.58. The van der Waals surface area contributed by atoms with Crippen LogP contribution >= 0.6 is 0 Å². The summed E-state index contributed by atoms with van der Waals surface area (Å²) in [5, 5.41) is 13.5. The summed E-state index contributed by atoms with van der Waals surface area (Å²) in [6, 6.07) is 3.78. The third-order valence-corrected chi connectivity index (χ3v) is 5.38. The van der Waals surface area contributed by atoms with Gasteiger partial charge in [-0.25, -0.2) is 0 Å². The predicted molar refractivity (Wildman–Crippen MR) is 85.0 cm³/mol. The molecule has 0 aromatic heterocycles. The van der Waals surface area contributed by atoms with Crippen molar-refractivity contribution < 1.29 is 0 Å². The number of nitrogens with zero attached hydrogens (tertiary/aromatic N) is 3. The van der Waals surface area contributed by atoms with E-state index in [9.17, 15) is 5.26 Å². The van der Waals surface area contributed by atoms with Crippen molar-refractivity contribution >= 4 is 0 Å². The number of nitriles is 1. The Morgan fingerprint density at radius 3 is 2.62 bits per heavy atom. The van der Waals surface area contributed by atoms with Crippen LogP contribution in [0.2, 0.25) is 0 Å². The molecule has 118 valence electrons. The molecular formula is C17H30N4. The summed E-state index contributed by atoms with van der Waals surface area (Å²) in [4.78, 5) is 5.24. The molecule has 21 heavy (non-hydrogen) atoms. The van der Waals surface area contributed by atoms with Crippen LogP contribution in [-0.2, 0) is 0 Å². The molecule has 3 aliphatic rings. The SMILES string of the molecule is CC(C)NC(C#N)(CN1CCCN2CCCC2C1)C1CC1. The van der Waals surface area contributed by atoms with Gasteiger partial charge in [-0.1, -0.05) is 0 Å². The van der Waals surface area contributed by atoms with E-state index in [1.54, 1.807) is 0 Å². The number of hydrogen-bond acceptors (Lipinski definition) is 4. The van der Waals surface area contributed by atoms with E-state index in [0.29, 0.717) is 12.0 Å². The third-order valence-electron chi connectivity index (χ3n) is 5.38. The fourth-order valence-electron chi connectivity index (χ4n) is 4.32. The smallest absolute Gasteiger partial charge is 0.122 e. The van der Waals surface area contributed by atoms with Gasteiger partial charge >= 0.3 is 0 Å². The molecule has 3 fully saturated rings. The van der Waals surface area contributed by atoms with Gasteiger partial charge in [0.2, 0.25) is 0 Å². The summed E-state index contributed by atoms with van der Waals surface area (Å²) in [6.45, 7) is 10.1. The van der Waals surface area contributed by atoms with E-state index in [1.165, 1.54) is 45.2 Å². The van der Waals surface area contributed by atoms with E-state index < -0.39 is 0 Å². The number of fused-ring (bicyclic) bond motifs is 1. The summed E-state index contributed by atoms with van der Waals surface area (Å²) in [5.41, 5.74) is -0.318. The molecule has 2 heterocycles. The van der Waals surface area contributed by atoms with E-state index in [1.807, 2.05) is 0 Å². The zero-order valence-electron chi connectivity index (χ0n) is 13.6. The first kappa shape index (κ1) is 15.3. The Morgan fingerprint density at radius 1 is 1.19 bits per heavy atom. The van der Waals surface area contributed by atoms with Crippen LogP contribution in [0.15, 0.2) is 0 Å². The fraction of sp³-hybridized carbons (Fsp3) is 0.941. The molecule has 0 aromatic rings. The monoisotopic (exact) mass is 290 g/mol. The van der Waals surface area contributed by atoms with Crippen LogP contribution in [0.5, 0.6) is 0 Å². The summed E-state index contributed by atoms with van der Waals surface area (Å²) in [7, 11) is 0. The minimum atomic E-state index is -0.318. The highest BCUT2D eigenvalue weighted by Gasteiger charge is 2.47. The van der Waals surface area contributed by atoms with Gasteiger partial charge in [-0.15, -0.1) is 0 Å². The zero-order valence-corrected chi connectivity index (χ0v) is 13.6. The normalized spacial score (nSPS) is 30.7. The highest BCUT2D eigenvalue weighted by molar-refractivity contribution is 5.17. The minimum Gasteiger partial charge on any atom is -0.299 e. The molecule has 1 N–H and O–H groups in total. The predicted octanol–water partition coefficient (Wildman–Crippen LogP) is 1.83. The molecule has 2 aliphatic heterocycles. The summed E-state index contributed by atoms with van der Waals surface area (Å²) in [5.74, 6) is 0.563. The number of rotatable bonds is 5. The molecule has 2 unspecified atom stereocenters. The van der Waals surface area contributed by atoms with Crippen molar-refractivity contribution in [3.63, 3.8) is 0 Å². The topological polar surface area (TPSA) is 42.3 Å². The van der Waals surface area contributed by atoms with Gasteiger partial charge in [-0.3, -0.25) is 15.1 Å². The van der Waals surface area contributed by atoms with Gasteiger partial charge in [-0.05, 0) is 71.5 Å². The van der Waals surface area contributed by atoms with Crippen molar-refractivity contribution in [1.82, 2.24) is 15.1 Å². The van der Waals surface area contributed by atoms with Gasteiger partial charge in [0.05, 0.1) is 6.07 Å². The van der Waals surface area contributed by atoms with Crippen LogP contribution in [0, 0.1) is 17.2 Å². The molecule has 2 saturated heterocycles. The lowest BCUT2D eigenvalue weighted by Gasteiger charge is -2.36. The first-order valence-electron chi connectivity index (χ1n) is 8.78. The van der Waals surface area contributed by atoms with E-state index in [2.05, 4.69) is 35.0 Å². The molecule has 0 bridgehead atoms. The highest BCUT2D eigenvalue weighted by atomic mass is 15.3. The summed E-state index contributed by atoms with van der Waals surface area (Å²) < 4.78 is 0. The fourth-order valence-corrected chi connectivity index (χ4v) is 4.32. The molecule has 1 saturated carbocycles. The lowest BCUT2D eigenvalue weighted by Crippen LogP contribution is -2.57. The van der Waals surface area contributed by atoms with Crippen molar-refractivity contribution in [2.45, 2.75) is 63.6 Å². The maximum atomic E-state index is 9.87. The Kier molecular flexibility index (Phi) is 4.54. The van der Waals surface area contributed by atoms with Gasteiger partial charge in [0, 0.05) is 25.2 Å². The molecule has 4 heteroatoms. The van der Waals surface area contributed by atoms with Crippen LogP contribution in [0.25, 0.3) is 0 Å². The van der Waals surface area contributed by atoms with E-state index in [4.69, 9.17) is 0 Å². The first-order chi connectivity index (χ1) is 10.1. The Morgan fingerprint density at radius 2 is 1.95 bits per heavy atom. The van der Waals surface area contributed by atoms with E-state index in [-0.39, 0.29) is 5.54 Å². The highest BCUT2D eigenvalue weighted by Crippen LogP contribution is 2.40.